The number of benzene rings is 1. The van der Waals surface area contributed by atoms with Crippen LogP contribution in [0.2, 0.25) is 5.02 Å². The SMILES string of the molecule is CC(N)c1nc(NC(=O)c2ccc3ccc(Cl)cc3n2)n[nH]1. The standard InChI is InChI=1S/C14H13ClN6O/c1-7(16)12-18-14(21-20-12)19-13(22)10-5-3-8-2-4-9(15)6-11(8)17-10/h2-7H,16H2,1H3,(H2,18,19,20,21,22). The van der Waals surface area contributed by atoms with Crippen LogP contribution in [-0.2, 0) is 0 Å². The maximum absolute atomic E-state index is 12.2. The molecular weight excluding hydrogens is 304 g/mol. The van der Waals surface area contributed by atoms with Crippen LogP contribution in [0.5, 0.6) is 0 Å². The third kappa shape index (κ3) is 2.90. The van der Waals surface area contributed by atoms with Crippen molar-refractivity contribution in [3.05, 3.63) is 46.9 Å². The van der Waals surface area contributed by atoms with E-state index in [1.807, 2.05) is 6.07 Å². The molecule has 2 heterocycles. The second kappa shape index (κ2) is 5.70. The molecule has 0 radical (unpaired) electrons. The number of nitrogens with zero attached hydrogens (tertiary/aromatic N) is 3. The third-order valence-corrected chi connectivity index (χ3v) is 3.28. The zero-order valence-electron chi connectivity index (χ0n) is 11.7. The van der Waals surface area contributed by atoms with Crippen LogP contribution in [-0.4, -0.2) is 26.1 Å². The molecule has 1 unspecified atom stereocenters. The van der Waals surface area contributed by atoms with Crippen LogP contribution in [0.4, 0.5) is 5.95 Å². The summed E-state index contributed by atoms with van der Waals surface area (Å²) in [5.74, 6) is 0.246. The maximum Gasteiger partial charge on any atom is 0.276 e. The number of carbonyl (C=O) groups is 1. The highest BCUT2D eigenvalue weighted by atomic mass is 35.5. The summed E-state index contributed by atoms with van der Waals surface area (Å²) in [6.07, 6.45) is 0. The fourth-order valence-corrected chi connectivity index (χ4v) is 2.08. The predicted octanol–water partition coefficient (Wildman–Crippen LogP) is 2.28. The van der Waals surface area contributed by atoms with Gasteiger partial charge in [-0.25, -0.2) is 4.98 Å². The van der Waals surface area contributed by atoms with Gasteiger partial charge in [0, 0.05) is 10.4 Å². The number of pyridine rings is 1. The van der Waals surface area contributed by atoms with Crippen LogP contribution in [0.1, 0.15) is 29.3 Å². The first-order valence-electron chi connectivity index (χ1n) is 6.58. The van der Waals surface area contributed by atoms with Crippen LogP contribution >= 0.6 is 11.6 Å². The first-order chi connectivity index (χ1) is 10.5. The van der Waals surface area contributed by atoms with E-state index in [0.717, 1.165) is 5.39 Å². The van der Waals surface area contributed by atoms with E-state index in [-0.39, 0.29) is 17.7 Å². The van der Waals surface area contributed by atoms with Gasteiger partial charge < -0.3 is 5.73 Å². The number of hydrogen-bond acceptors (Lipinski definition) is 5. The van der Waals surface area contributed by atoms with Gasteiger partial charge in [0.1, 0.15) is 11.5 Å². The summed E-state index contributed by atoms with van der Waals surface area (Å²) in [5.41, 5.74) is 6.57. The molecule has 3 rings (SSSR count). The van der Waals surface area contributed by atoms with Gasteiger partial charge in [0.15, 0.2) is 0 Å². The number of aromatic amines is 1. The van der Waals surface area contributed by atoms with Gasteiger partial charge in [-0.2, -0.15) is 4.98 Å². The number of rotatable bonds is 3. The highest BCUT2D eigenvalue weighted by Gasteiger charge is 2.13. The fraction of sp³-hybridized carbons (Fsp3) is 0.143. The molecule has 1 aromatic carbocycles. The minimum atomic E-state index is -0.405. The Morgan fingerprint density at radius 2 is 2.09 bits per heavy atom. The van der Waals surface area contributed by atoms with Crippen molar-refractivity contribution >= 4 is 34.4 Å². The van der Waals surface area contributed by atoms with Crippen molar-refractivity contribution in [1.82, 2.24) is 20.2 Å². The normalized spacial score (nSPS) is 12.3. The summed E-state index contributed by atoms with van der Waals surface area (Å²) in [4.78, 5) is 20.6. The van der Waals surface area contributed by atoms with Gasteiger partial charge in [0.25, 0.3) is 5.91 Å². The summed E-state index contributed by atoms with van der Waals surface area (Å²) in [6.45, 7) is 1.76. The third-order valence-electron chi connectivity index (χ3n) is 3.05. The molecule has 0 aliphatic heterocycles. The lowest BCUT2D eigenvalue weighted by molar-refractivity contribution is 0.102. The first kappa shape index (κ1) is 14.4. The topological polar surface area (TPSA) is 110 Å². The second-order valence-electron chi connectivity index (χ2n) is 4.82. The average molecular weight is 317 g/mol. The molecule has 0 fully saturated rings. The Morgan fingerprint density at radius 3 is 2.82 bits per heavy atom. The van der Waals surface area contributed by atoms with Crippen molar-refractivity contribution in [1.29, 1.82) is 0 Å². The number of H-pyrrole nitrogens is 1. The molecule has 8 heteroatoms. The maximum atomic E-state index is 12.2. The molecule has 1 amide bonds. The first-order valence-corrected chi connectivity index (χ1v) is 6.96. The lowest BCUT2D eigenvalue weighted by Crippen LogP contribution is -2.15. The van der Waals surface area contributed by atoms with E-state index >= 15 is 0 Å². The number of hydrogen-bond donors (Lipinski definition) is 3. The van der Waals surface area contributed by atoms with Crippen LogP contribution in [0, 0.1) is 0 Å². The predicted molar refractivity (Wildman–Crippen MR) is 83.7 cm³/mol. The number of aromatic nitrogens is 4. The number of nitrogens with one attached hydrogen (secondary N) is 2. The van der Waals surface area contributed by atoms with E-state index in [0.29, 0.717) is 16.4 Å². The Balaban J connectivity index is 1.84. The van der Waals surface area contributed by atoms with Crippen molar-refractivity contribution in [2.75, 3.05) is 5.32 Å². The highest BCUT2D eigenvalue weighted by Crippen LogP contribution is 2.18. The van der Waals surface area contributed by atoms with E-state index in [2.05, 4.69) is 25.5 Å². The second-order valence-corrected chi connectivity index (χ2v) is 5.26. The summed E-state index contributed by atoms with van der Waals surface area (Å²) in [6, 6.07) is 8.46. The number of halogens is 1. The quantitative estimate of drug-likeness (QED) is 0.686. The molecule has 22 heavy (non-hydrogen) atoms. The van der Waals surface area contributed by atoms with Gasteiger partial charge in [0.2, 0.25) is 5.95 Å². The molecule has 0 aliphatic rings. The molecule has 1 atom stereocenters. The van der Waals surface area contributed by atoms with Gasteiger partial charge in [-0.3, -0.25) is 15.2 Å². The van der Waals surface area contributed by atoms with Crippen LogP contribution in [0.3, 0.4) is 0 Å². The summed E-state index contributed by atoms with van der Waals surface area (Å²) < 4.78 is 0. The van der Waals surface area contributed by atoms with Crippen LogP contribution in [0.25, 0.3) is 10.9 Å². The average Bonchev–Trinajstić information content (AvgIpc) is 2.95. The van der Waals surface area contributed by atoms with Crippen molar-refractivity contribution < 1.29 is 4.79 Å². The minimum absolute atomic E-state index is 0.158. The van der Waals surface area contributed by atoms with E-state index in [1.165, 1.54) is 0 Å². The Labute approximate surface area is 130 Å². The largest absolute Gasteiger partial charge is 0.322 e. The number of anilines is 1. The van der Waals surface area contributed by atoms with Crippen LogP contribution in [0.15, 0.2) is 30.3 Å². The number of fused-ring (bicyclic) bond motifs is 1. The van der Waals surface area contributed by atoms with E-state index in [9.17, 15) is 4.79 Å². The molecule has 0 saturated carbocycles. The zero-order valence-corrected chi connectivity index (χ0v) is 12.4. The highest BCUT2D eigenvalue weighted by molar-refractivity contribution is 6.31. The monoisotopic (exact) mass is 316 g/mol. The molecule has 7 nitrogen and oxygen atoms in total. The Hall–Kier alpha value is -2.51. The minimum Gasteiger partial charge on any atom is -0.322 e. The number of nitrogens with two attached hydrogens (primary N) is 1. The van der Waals surface area contributed by atoms with Gasteiger partial charge in [-0.1, -0.05) is 23.7 Å². The molecule has 3 aromatic rings. The van der Waals surface area contributed by atoms with Gasteiger partial charge in [-0.05, 0) is 25.1 Å². The Kier molecular flexibility index (Phi) is 3.74. The summed E-state index contributed by atoms with van der Waals surface area (Å²) >= 11 is 5.94. The van der Waals surface area contributed by atoms with Crippen molar-refractivity contribution in [3.63, 3.8) is 0 Å². The molecular formula is C14H13ClN6O. The molecule has 112 valence electrons. The van der Waals surface area contributed by atoms with Crippen molar-refractivity contribution in [2.45, 2.75) is 13.0 Å². The van der Waals surface area contributed by atoms with Crippen molar-refractivity contribution in [2.24, 2.45) is 5.73 Å². The lowest BCUT2D eigenvalue weighted by Gasteiger charge is -2.03. The molecule has 2 aromatic heterocycles. The Morgan fingerprint density at radius 1 is 1.32 bits per heavy atom. The fourth-order valence-electron chi connectivity index (χ4n) is 1.92. The molecule has 0 bridgehead atoms. The number of carbonyl (C=O) groups excluding carboxylic acids is 1. The van der Waals surface area contributed by atoms with Crippen LogP contribution < -0.4 is 11.1 Å². The smallest absolute Gasteiger partial charge is 0.276 e. The van der Waals surface area contributed by atoms with Gasteiger partial charge in [-0.15, -0.1) is 5.10 Å². The van der Waals surface area contributed by atoms with Crippen molar-refractivity contribution in [3.8, 4) is 0 Å². The van der Waals surface area contributed by atoms with E-state index in [4.69, 9.17) is 17.3 Å². The Bertz CT molecular complexity index is 844. The van der Waals surface area contributed by atoms with E-state index in [1.54, 1.807) is 31.2 Å². The van der Waals surface area contributed by atoms with Gasteiger partial charge in [0.05, 0.1) is 11.6 Å². The summed E-state index contributed by atoms with van der Waals surface area (Å²) in [5, 5.41) is 10.6. The molecule has 4 N–H and O–H groups in total. The zero-order chi connectivity index (χ0) is 15.7. The summed E-state index contributed by atoms with van der Waals surface area (Å²) in [7, 11) is 0. The molecule has 0 saturated heterocycles. The molecule has 0 spiro atoms. The number of amides is 1. The molecule has 0 aliphatic carbocycles. The van der Waals surface area contributed by atoms with Gasteiger partial charge >= 0.3 is 0 Å². The van der Waals surface area contributed by atoms with E-state index < -0.39 is 5.91 Å². The lowest BCUT2D eigenvalue weighted by atomic mass is 10.2.